The molecular weight excluding hydrogens is 258 g/mol. The number of aliphatic carboxylic acids is 1. The summed E-state index contributed by atoms with van der Waals surface area (Å²) in [5, 5.41) is 23.3. The van der Waals surface area contributed by atoms with Gasteiger partial charge in [-0.25, -0.2) is 9.59 Å². The molecule has 19 heavy (non-hydrogen) atoms. The van der Waals surface area contributed by atoms with Crippen LogP contribution in [0, 0.1) is 10.1 Å². The molecular formula is C10H13N3O6. The van der Waals surface area contributed by atoms with Gasteiger partial charge in [-0.05, 0) is 18.3 Å². The molecule has 0 fully saturated rings. The van der Waals surface area contributed by atoms with Crippen molar-refractivity contribution >= 4 is 17.8 Å². The smallest absolute Gasteiger partial charge is 0.404 e. The second-order valence-electron chi connectivity index (χ2n) is 3.59. The molecule has 1 N–H and O–H groups in total. The largest absolute Gasteiger partial charge is 0.480 e. The molecule has 104 valence electrons. The van der Waals surface area contributed by atoms with E-state index in [1.54, 1.807) is 13.8 Å². The molecule has 9 nitrogen and oxygen atoms in total. The predicted octanol–water partition coefficient (Wildman–Crippen LogP) is 1.00. The van der Waals surface area contributed by atoms with Crippen molar-refractivity contribution in [2.75, 3.05) is 6.61 Å². The van der Waals surface area contributed by atoms with Crippen LogP contribution < -0.4 is 0 Å². The molecule has 0 amide bonds. The molecule has 0 spiro atoms. The second-order valence-corrected chi connectivity index (χ2v) is 3.59. The summed E-state index contributed by atoms with van der Waals surface area (Å²) in [6, 6.07) is -1.07. The summed E-state index contributed by atoms with van der Waals surface area (Å²) in [4.78, 5) is 32.5. The zero-order chi connectivity index (χ0) is 14.6. The second kappa shape index (κ2) is 5.94. The van der Waals surface area contributed by atoms with E-state index < -0.39 is 28.7 Å². The van der Waals surface area contributed by atoms with Crippen molar-refractivity contribution in [3.63, 3.8) is 0 Å². The van der Waals surface area contributed by atoms with Crippen LogP contribution in [0.3, 0.4) is 0 Å². The van der Waals surface area contributed by atoms with Crippen LogP contribution in [0.1, 0.15) is 36.7 Å². The fourth-order valence-electron chi connectivity index (χ4n) is 1.50. The van der Waals surface area contributed by atoms with Crippen LogP contribution in [-0.2, 0) is 9.53 Å². The quantitative estimate of drug-likeness (QED) is 0.464. The van der Waals surface area contributed by atoms with Crippen LogP contribution in [0.2, 0.25) is 0 Å². The number of carboxylic acids is 1. The standard InChI is InChI=1S/C10H13N3O6/c1-3-7(9(14)15)12-5-6(10(16)19-4-2)8(11-12)13(17)18/h5,7H,3-4H2,1-2H3,(H,14,15)/t7-/m1/s1. The van der Waals surface area contributed by atoms with Gasteiger partial charge in [0.05, 0.1) is 17.9 Å². The number of hydrogen-bond donors (Lipinski definition) is 1. The third-order valence-corrected chi connectivity index (χ3v) is 2.37. The molecule has 0 aliphatic heterocycles. The fourth-order valence-corrected chi connectivity index (χ4v) is 1.50. The zero-order valence-corrected chi connectivity index (χ0v) is 10.4. The van der Waals surface area contributed by atoms with E-state index in [1.165, 1.54) is 0 Å². The first kappa shape index (κ1) is 14.6. The van der Waals surface area contributed by atoms with Gasteiger partial charge in [0.1, 0.15) is 0 Å². The molecule has 0 saturated carbocycles. The Hall–Kier alpha value is -2.45. The molecule has 1 rings (SSSR count). The fraction of sp³-hybridized carbons (Fsp3) is 0.500. The van der Waals surface area contributed by atoms with E-state index >= 15 is 0 Å². The summed E-state index contributed by atoms with van der Waals surface area (Å²) in [5.41, 5.74) is -0.355. The number of nitro groups is 1. The number of carbonyl (C=O) groups is 2. The van der Waals surface area contributed by atoms with Gasteiger partial charge in [0.2, 0.25) is 0 Å². The van der Waals surface area contributed by atoms with Gasteiger partial charge in [0.15, 0.2) is 11.6 Å². The van der Waals surface area contributed by atoms with Gasteiger partial charge in [-0.3, -0.25) is 0 Å². The van der Waals surface area contributed by atoms with E-state index in [9.17, 15) is 19.7 Å². The van der Waals surface area contributed by atoms with Crippen molar-refractivity contribution < 1.29 is 24.4 Å². The summed E-state index contributed by atoms with van der Waals surface area (Å²) in [5.74, 6) is -2.80. The van der Waals surface area contributed by atoms with Crippen LogP contribution in [0.4, 0.5) is 5.82 Å². The number of rotatable bonds is 6. The number of ether oxygens (including phenoxy) is 1. The minimum atomic E-state index is -1.18. The van der Waals surface area contributed by atoms with Gasteiger partial charge in [-0.15, -0.1) is 0 Å². The lowest BCUT2D eigenvalue weighted by molar-refractivity contribution is -0.390. The van der Waals surface area contributed by atoms with Crippen LogP contribution >= 0.6 is 0 Å². The third-order valence-electron chi connectivity index (χ3n) is 2.37. The lowest BCUT2D eigenvalue weighted by Crippen LogP contribution is -2.18. The molecule has 0 aliphatic carbocycles. The lowest BCUT2D eigenvalue weighted by atomic mass is 10.2. The molecule has 1 atom stereocenters. The van der Waals surface area contributed by atoms with Gasteiger partial charge >= 0.3 is 17.8 Å². The van der Waals surface area contributed by atoms with Crippen molar-refractivity contribution in [1.29, 1.82) is 0 Å². The first-order valence-corrected chi connectivity index (χ1v) is 5.55. The van der Waals surface area contributed by atoms with Crippen molar-refractivity contribution in [2.24, 2.45) is 0 Å². The summed E-state index contributed by atoms with van der Waals surface area (Å²) >= 11 is 0. The average Bonchev–Trinajstić information content (AvgIpc) is 2.74. The highest BCUT2D eigenvalue weighted by atomic mass is 16.6. The zero-order valence-electron chi connectivity index (χ0n) is 10.4. The molecule has 9 heteroatoms. The maximum atomic E-state index is 11.5. The Morgan fingerprint density at radius 1 is 1.58 bits per heavy atom. The van der Waals surface area contributed by atoms with Crippen LogP contribution in [0.25, 0.3) is 0 Å². The molecule has 0 aromatic carbocycles. The molecule has 0 radical (unpaired) electrons. The number of carboxylic acid groups (broad SMARTS) is 1. The van der Waals surface area contributed by atoms with Gasteiger partial charge in [-0.2, -0.15) is 4.68 Å². The highest BCUT2D eigenvalue weighted by Crippen LogP contribution is 2.21. The normalized spacial score (nSPS) is 11.9. The van der Waals surface area contributed by atoms with E-state index in [0.29, 0.717) is 0 Å². The summed E-state index contributed by atoms with van der Waals surface area (Å²) in [6.07, 6.45) is 1.20. The Morgan fingerprint density at radius 3 is 2.63 bits per heavy atom. The van der Waals surface area contributed by atoms with Crippen molar-refractivity contribution in [1.82, 2.24) is 9.78 Å². The highest BCUT2D eigenvalue weighted by Gasteiger charge is 2.31. The highest BCUT2D eigenvalue weighted by molar-refractivity contribution is 5.93. The summed E-state index contributed by atoms with van der Waals surface area (Å²) in [6.45, 7) is 3.20. The van der Waals surface area contributed by atoms with E-state index in [1.807, 2.05) is 0 Å². The maximum Gasteiger partial charge on any atom is 0.404 e. The molecule has 1 heterocycles. The van der Waals surface area contributed by atoms with Crippen molar-refractivity contribution in [2.45, 2.75) is 26.3 Å². The first-order chi connectivity index (χ1) is 8.92. The van der Waals surface area contributed by atoms with Crippen molar-refractivity contribution in [3.8, 4) is 0 Å². The SMILES string of the molecule is CCOC(=O)c1cn([C@H](CC)C(=O)O)nc1[N+](=O)[O-]. The number of nitrogens with zero attached hydrogens (tertiary/aromatic N) is 3. The topological polar surface area (TPSA) is 125 Å². The minimum Gasteiger partial charge on any atom is -0.480 e. The van der Waals surface area contributed by atoms with E-state index in [4.69, 9.17) is 5.11 Å². The Balaban J connectivity index is 3.24. The molecule has 0 aliphatic rings. The molecule has 1 aromatic heterocycles. The van der Waals surface area contributed by atoms with E-state index in [2.05, 4.69) is 9.84 Å². The third kappa shape index (κ3) is 3.06. The number of esters is 1. The number of aromatic nitrogens is 2. The maximum absolute atomic E-state index is 11.5. The van der Waals surface area contributed by atoms with Gasteiger partial charge in [0, 0.05) is 0 Å². The first-order valence-electron chi connectivity index (χ1n) is 5.55. The minimum absolute atomic E-state index is 0.0529. The molecule has 0 bridgehead atoms. The van der Waals surface area contributed by atoms with Gasteiger partial charge in [0.25, 0.3) is 0 Å². The Kier molecular flexibility index (Phi) is 4.56. The van der Waals surface area contributed by atoms with Gasteiger partial charge in [-0.1, -0.05) is 6.92 Å². The van der Waals surface area contributed by atoms with Crippen molar-refractivity contribution in [3.05, 3.63) is 21.9 Å². The molecule has 0 unspecified atom stereocenters. The van der Waals surface area contributed by atoms with Crippen LogP contribution in [0.15, 0.2) is 6.20 Å². The van der Waals surface area contributed by atoms with E-state index in [-0.39, 0.29) is 18.6 Å². The molecule has 1 aromatic rings. The molecule has 0 saturated heterocycles. The number of hydrogen-bond acceptors (Lipinski definition) is 6. The number of carbonyl (C=O) groups excluding carboxylic acids is 1. The van der Waals surface area contributed by atoms with E-state index in [0.717, 1.165) is 10.9 Å². The monoisotopic (exact) mass is 271 g/mol. The lowest BCUT2D eigenvalue weighted by Gasteiger charge is -2.05. The predicted molar refractivity (Wildman–Crippen MR) is 61.8 cm³/mol. The van der Waals surface area contributed by atoms with Crippen LogP contribution in [-0.4, -0.2) is 38.4 Å². The van der Waals surface area contributed by atoms with Crippen LogP contribution in [0.5, 0.6) is 0 Å². The Labute approximate surface area is 107 Å². The summed E-state index contributed by atoms with van der Waals surface area (Å²) < 4.78 is 5.56. The summed E-state index contributed by atoms with van der Waals surface area (Å²) in [7, 11) is 0. The Morgan fingerprint density at radius 2 is 2.21 bits per heavy atom. The average molecular weight is 271 g/mol. The van der Waals surface area contributed by atoms with Gasteiger partial charge < -0.3 is 20.0 Å². The Bertz CT molecular complexity index is 509.